The Balaban J connectivity index is 1.67. The molecule has 9 heteroatoms. The van der Waals surface area contributed by atoms with Crippen LogP contribution in [-0.4, -0.2) is 32.9 Å². The Kier molecular flexibility index (Phi) is 5.18. The van der Waals surface area contributed by atoms with Crippen molar-refractivity contribution in [1.29, 1.82) is 0 Å². The highest BCUT2D eigenvalue weighted by Gasteiger charge is 2.27. The Morgan fingerprint density at radius 1 is 1.38 bits per heavy atom. The predicted octanol–water partition coefficient (Wildman–Crippen LogP) is 3.83. The Bertz CT molecular complexity index is 1090. The van der Waals surface area contributed by atoms with Crippen LogP contribution < -0.4 is 5.32 Å². The third-order valence-electron chi connectivity index (χ3n) is 4.58. The van der Waals surface area contributed by atoms with Crippen molar-refractivity contribution in [2.75, 3.05) is 13.1 Å². The summed E-state index contributed by atoms with van der Waals surface area (Å²) in [6.45, 7) is 3.49. The van der Waals surface area contributed by atoms with Gasteiger partial charge in [-0.1, -0.05) is 29.8 Å². The molecule has 1 aliphatic heterocycles. The lowest BCUT2D eigenvalue weighted by Crippen LogP contribution is -2.23. The summed E-state index contributed by atoms with van der Waals surface area (Å²) >= 11 is 5.84. The normalized spacial score (nSPS) is 16.2. The molecule has 0 radical (unpaired) electrons. The van der Waals surface area contributed by atoms with E-state index in [1.807, 2.05) is 35.2 Å². The second-order valence-corrected chi connectivity index (χ2v) is 7.03. The average molecular weight is 412 g/mol. The van der Waals surface area contributed by atoms with Crippen molar-refractivity contribution in [3.63, 3.8) is 0 Å². The minimum absolute atomic E-state index is 0.0378. The molecule has 0 unspecified atom stereocenters. The van der Waals surface area contributed by atoms with Crippen molar-refractivity contribution < 1.29 is 9.34 Å². The molecule has 1 fully saturated rings. The summed E-state index contributed by atoms with van der Waals surface area (Å²) in [5.41, 5.74) is 2.80. The highest BCUT2D eigenvalue weighted by Crippen LogP contribution is 2.24. The highest BCUT2D eigenvalue weighted by atomic mass is 35.5. The van der Waals surface area contributed by atoms with Gasteiger partial charge in [0.25, 0.3) is 0 Å². The molecule has 0 spiro atoms. The van der Waals surface area contributed by atoms with Gasteiger partial charge in [-0.2, -0.15) is 0 Å². The first kappa shape index (κ1) is 18.9. The second-order valence-electron chi connectivity index (χ2n) is 6.64. The molecule has 1 aromatic carbocycles. The summed E-state index contributed by atoms with van der Waals surface area (Å²) in [6, 6.07) is 10.9. The first-order valence-corrected chi connectivity index (χ1v) is 9.41. The molecule has 29 heavy (non-hydrogen) atoms. The fourth-order valence-corrected chi connectivity index (χ4v) is 3.29. The van der Waals surface area contributed by atoms with Gasteiger partial charge in [0.1, 0.15) is 10.7 Å². The van der Waals surface area contributed by atoms with E-state index in [4.69, 9.17) is 16.0 Å². The lowest BCUT2D eigenvalue weighted by atomic mass is 10.2. The number of nitrogens with zero attached hydrogens (tertiary/aromatic N) is 4. The van der Waals surface area contributed by atoms with Gasteiger partial charge in [-0.05, 0) is 30.7 Å². The highest BCUT2D eigenvalue weighted by molar-refractivity contribution is 6.29. The zero-order chi connectivity index (χ0) is 20.4. The van der Waals surface area contributed by atoms with E-state index in [0.717, 1.165) is 5.56 Å². The first-order chi connectivity index (χ1) is 14.0. The Labute approximate surface area is 171 Å². The molecule has 2 aromatic heterocycles. The van der Waals surface area contributed by atoms with Crippen LogP contribution in [0.1, 0.15) is 18.4 Å². The van der Waals surface area contributed by atoms with Gasteiger partial charge < -0.3 is 14.6 Å². The molecule has 0 aliphatic carbocycles. The van der Waals surface area contributed by atoms with Crippen LogP contribution in [0.2, 0.25) is 5.15 Å². The summed E-state index contributed by atoms with van der Waals surface area (Å²) in [7, 11) is 0. The van der Waals surface area contributed by atoms with Crippen LogP contribution in [0.4, 0.5) is 0 Å². The van der Waals surface area contributed by atoms with Crippen LogP contribution >= 0.6 is 11.6 Å². The molecule has 1 aliphatic rings. The molecular formula is C20H18ClN5O3. The van der Waals surface area contributed by atoms with Gasteiger partial charge >= 0.3 is 5.70 Å². The number of allylic oxidation sites excluding steroid dienone is 2. The number of fused-ring (bicyclic) bond motifs is 1. The average Bonchev–Trinajstić information content (AvgIpc) is 3.34. The van der Waals surface area contributed by atoms with Gasteiger partial charge in [0.15, 0.2) is 11.4 Å². The minimum Gasteiger partial charge on any atom is -0.436 e. The number of pyridine rings is 1. The molecule has 3 heterocycles. The molecule has 0 atom stereocenters. The van der Waals surface area contributed by atoms with E-state index in [2.05, 4.69) is 15.3 Å². The number of oxazole rings is 1. The number of nitrogens with one attached hydrogen (secondary N) is 1. The molecular weight excluding hydrogens is 394 g/mol. The summed E-state index contributed by atoms with van der Waals surface area (Å²) in [5, 5.41) is 15.4. The van der Waals surface area contributed by atoms with E-state index in [1.165, 1.54) is 6.08 Å². The molecule has 8 nitrogen and oxygen atoms in total. The molecule has 3 aromatic rings. The van der Waals surface area contributed by atoms with Crippen LogP contribution in [-0.2, 0) is 6.54 Å². The van der Waals surface area contributed by atoms with Crippen LogP contribution in [0.25, 0.3) is 16.7 Å². The molecule has 0 saturated carbocycles. The maximum Gasteiger partial charge on any atom is 0.309 e. The van der Waals surface area contributed by atoms with Crippen LogP contribution in [0.3, 0.4) is 0 Å². The summed E-state index contributed by atoms with van der Waals surface area (Å²) in [5.74, 6) is 0.818. The van der Waals surface area contributed by atoms with E-state index >= 15 is 0 Å². The van der Waals surface area contributed by atoms with Gasteiger partial charge in [-0.25, -0.2) is 9.97 Å². The Hall–Kier alpha value is -3.39. The summed E-state index contributed by atoms with van der Waals surface area (Å²) in [4.78, 5) is 21.8. The van der Waals surface area contributed by atoms with E-state index in [1.54, 1.807) is 19.2 Å². The fraction of sp³-hybridized carbons (Fsp3) is 0.200. The largest absolute Gasteiger partial charge is 0.436 e. The Morgan fingerprint density at radius 2 is 2.21 bits per heavy atom. The van der Waals surface area contributed by atoms with Crippen molar-refractivity contribution >= 4 is 28.3 Å². The van der Waals surface area contributed by atoms with Gasteiger partial charge in [-0.3, -0.25) is 10.1 Å². The standard InChI is InChI=1S/C20H18ClN5O3/c1-13(20-24-15-4-2-3-5-17(15)29-20)10-16(26(27)28)19-22-8-9-25(19)12-14-6-7-18(21)23-11-14/h2-7,10-11,22H,8-9,12H2,1H3/b13-10+,19-16-. The number of hydrogen-bond acceptors (Lipinski definition) is 7. The van der Waals surface area contributed by atoms with Gasteiger partial charge in [0.05, 0.1) is 4.92 Å². The van der Waals surface area contributed by atoms with E-state index in [0.29, 0.717) is 53.2 Å². The monoisotopic (exact) mass is 411 g/mol. The molecule has 1 saturated heterocycles. The number of nitro groups is 1. The van der Waals surface area contributed by atoms with Crippen molar-refractivity contribution in [3.05, 3.63) is 86.9 Å². The smallest absolute Gasteiger partial charge is 0.309 e. The van der Waals surface area contributed by atoms with Crippen molar-refractivity contribution in [2.45, 2.75) is 13.5 Å². The lowest BCUT2D eigenvalue weighted by molar-refractivity contribution is -0.421. The van der Waals surface area contributed by atoms with Crippen LogP contribution in [0.5, 0.6) is 0 Å². The van der Waals surface area contributed by atoms with E-state index < -0.39 is 4.92 Å². The summed E-state index contributed by atoms with van der Waals surface area (Å²) < 4.78 is 5.73. The number of rotatable bonds is 5. The van der Waals surface area contributed by atoms with Crippen LogP contribution in [0.15, 0.2) is 64.6 Å². The van der Waals surface area contributed by atoms with Gasteiger partial charge in [0.2, 0.25) is 5.89 Å². The SMILES string of the molecule is C/C(=C\C(=C1/NCCN1Cc1ccc(Cl)nc1)[N+](=O)[O-])c1nc2ccccc2o1. The fourth-order valence-electron chi connectivity index (χ4n) is 3.18. The third kappa shape index (κ3) is 4.07. The van der Waals surface area contributed by atoms with Gasteiger partial charge in [0, 0.05) is 37.5 Å². The Morgan fingerprint density at radius 3 is 2.93 bits per heavy atom. The second kappa shape index (κ2) is 7.92. The van der Waals surface area contributed by atoms with Gasteiger partial charge in [-0.15, -0.1) is 0 Å². The summed E-state index contributed by atoms with van der Waals surface area (Å²) in [6.07, 6.45) is 3.16. The lowest BCUT2D eigenvalue weighted by Gasteiger charge is -2.18. The van der Waals surface area contributed by atoms with Crippen LogP contribution in [0, 0.1) is 10.1 Å². The predicted molar refractivity (Wildman–Crippen MR) is 109 cm³/mol. The minimum atomic E-state index is -0.396. The topological polar surface area (TPSA) is 97.3 Å². The maximum atomic E-state index is 11.8. The van der Waals surface area contributed by atoms with Crippen molar-refractivity contribution in [3.8, 4) is 0 Å². The molecule has 0 amide bonds. The number of para-hydroxylation sites is 2. The van der Waals surface area contributed by atoms with E-state index in [-0.39, 0.29) is 5.70 Å². The maximum absolute atomic E-state index is 11.8. The quantitative estimate of drug-likeness (QED) is 0.387. The number of halogens is 1. The number of hydrogen-bond donors (Lipinski definition) is 1. The molecule has 148 valence electrons. The zero-order valence-corrected chi connectivity index (χ0v) is 16.4. The first-order valence-electron chi connectivity index (χ1n) is 9.03. The zero-order valence-electron chi connectivity index (χ0n) is 15.6. The number of aromatic nitrogens is 2. The number of benzene rings is 1. The van der Waals surface area contributed by atoms with Crippen molar-refractivity contribution in [2.24, 2.45) is 0 Å². The third-order valence-corrected chi connectivity index (χ3v) is 4.80. The van der Waals surface area contributed by atoms with E-state index in [9.17, 15) is 10.1 Å². The molecule has 4 rings (SSSR count). The molecule has 0 bridgehead atoms. The molecule has 1 N–H and O–H groups in total. The van der Waals surface area contributed by atoms with Crippen molar-refractivity contribution in [1.82, 2.24) is 20.2 Å².